The van der Waals surface area contributed by atoms with Crippen molar-refractivity contribution < 1.29 is 4.74 Å². The molecular formula is C17H18N2O. The molecule has 1 aliphatic heterocycles. The van der Waals surface area contributed by atoms with Gasteiger partial charge in [0.15, 0.2) is 0 Å². The summed E-state index contributed by atoms with van der Waals surface area (Å²) in [6.45, 7) is 3.20. The molecule has 0 aromatic heterocycles. The second-order valence-corrected chi connectivity index (χ2v) is 5.29. The summed E-state index contributed by atoms with van der Waals surface area (Å²) in [6, 6.07) is 14.7. The quantitative estimate of drug-likeness (QED) is 0.836. The molecule has 0 radical (unpaired) electrons. The van der Waals surface area contributed by atoms with E-state index in [1.54, 1.807) is 7.11 Å². The summed E-state index contributed by atoms with van der Waals surface area (Å²) in [4.78, 5) is 2.39. The van der Waals surface area contributed by atoms with E-state index in [1.165, 1.54) is 5.69 Å². The molecule has 0 bridgehead atoms. The molecule has 1 saturated heterocycles. The highest BCUT2D eigenvalue weighted by Gasteiger charge is 2.31. The van der Waals surface area contributed by atoms with Crippen LogP contribution in [-0.4, -0.2) is 25.8 Å². The number of hydrogen-bond acceptors (Lipinski definition) is 3. The average Bonchev–Trinajstić information content (AvgIpc) is 2.87. The van der Waals surface area contributed by atoms with Crippen LogP contribution >= 0.6 is 0 Å². The Morgan fingerprint density at radius 1 is 1.20 bits per heavy atom. The monoisotopic (exact) mass is 266 g/mol. The molecule has 0 unspecified atom stereocenters. The molecule has 0 amide bonds. The maximum Gasteiger partial charge on any atom is 0.0998 e. The lowest BCUT2D eigenvalue weighted by atomic mass is 10.0. The molecule has 3 heteroatoms. The highest BCUT2D eigenvalue weighted by atomic mass is 16.5. The average molecular weight is 266 g/mol. The Bertz CT molecular complexity index is 674. The number of methoxy groups -OCH3 is 1. The summed E-state index contributed by atoms with van der Waals surface area (Å²) in [6.07, 6.45) is 1.33. The molecule has 0 N–H and O–H groups in total. The van der Waals surface area contributed by atoms with Crippen LogP contribution in [0.3, 0.4) is 0 Å². The van der Waals surface area contributed by atoms with E-state index in [4.69, 9.17) is 4.74 Å². The van der Waals surface area contributed by atoms with E-state index in [9.17, 15) is 5.26 Å². The van der Waals surface area contributed by atoms with Gasteiger partial charge in [-0.2, -0.15) is 5.26 Å². The van der Waals surface area contributed by atoms with E-state index in [-0.39, 0.29) is 6.10 Å². The molecule has 0 spiro atoms. The van der Waals surface area contributed by atoms with Crippen molar-refractivity contribution in [2.24, 2.45) is 0 Å². The van der Waals surface area contributed by atoms with E-state index >= 15 is 0 Å². The van der Waals surface area contributed by atoms with Crippen LogP contribution in [-0.2, 0) is 4.74 Å². The van der Waals surface area contributed by atoms with Gasteiger partial charge in [-0.15, -0.1) is 0 Å². The molecular weight excluding hydrogens is 248 g/mol. The van der Waals surface area contributed by atoms with Crippen LogP contribution in [0.2, 0.25) is 0 Å². The van der Waals surface area contributed by atoms with E-state index in [1.807, 2.05) is 24.3 Å². The predicted octanol–water partition coefficient (Wildman–Crippen LogP) is 3.33. The third-order valence-electron chi connectivity index (χ3n) is 4.32. The Kier molecular flexibility index (Phi) is 3.33. The number of nitriles is 1. The first-order valence-electron chi connectivity index (χ1n) is 6.97. The van der Waals surface area contributed by atoms with Gasteiger partial charge < -0.3 is 9.64 Å². The fourth-order valence-electron chi connectivity index (χ4n) is 3.20. The van der Waals surface area contributed by atoms with Crippen molar-refractivity contribution in [1.82, 2.24) is 0 Å². The summed E-state index contributed by atoms with van der Waals surface area (Å²) >= 11 is 0. The lowest BCUT2D eigenvalue weighted by molar-refractivity contribution is 0.0998. The number of hydrogen-bond donors (Lipinski definition) is 0. The highest BCUT2D eigenvalue weighted by molar-refractivity contribution is 5.98. The van der Waals surface area contributed by atoms with E-state index in [2.05, 4.69) is 30.0 Å². The molecule has 102 valence electrons. The van der Waals surface area contributed by atoms with Crippen LogP contribution < -0.4 is 4.90 Å². The standard InChI is InChI=1S/C17H18N2O/c1-12-17(20-2)9-10-19(12)16-8-7-13(11-18)14-5-3-4-6-15(14)16/h3-8,12,17H,9-10H2,1-2H3/t12-,17+/m0/s1. The van der Waals surface area contributed by atoms with Crippen molar-refractivity contribution in [3.63, 3.8) is 0 Å². The first-order chi connectivity index (χ1) is 9.76. The molecule has 1 heterocycles. The first-order valence-corrected chi connectivity index (χ1v) is 6.97. The number of ether oxygens (including phenoxy) is 1. The third kappa shape index (κ3) is 1.93. The van der Waals surface area contributed by atoms with Crippen molar-refractivity contribution in [1.29, 1.82) is 5.26 Å². The number of anilines is 1. The predicted molar refractivity (Wildman–Crippen MR) is 80.9 cm³/mol. The second-order valence-electron chi connectivity index (χ2n) is 5.29. The van der Waals surface area contributed by atoms with Gasteiger partial charge >= 0.3 is 0 Å². The zero-order valence-corrected chi connectivity index (χ0v) is 11.8. The van der Waals surface area contributed by atoms with Gasteiger partial charge in [0.25, 0.3) is 0 Å². The zero-order valence-electron chi connectivity index (χ0n) is 11.8. The number of fused-ring (bicyclic) bond motifs is 1. The van der Waals surface area contributed by atoms with Crippen LogP contribution in [0, 0.1) is 11.3 Å². The molecule has 0 aliphatic carbocycles. The lowest BCUT2D eigenvalue weighted by Gasteiger charge is -2.27. The van der Waals surface area contributed by atoms with E-state index < -0.39 is 0 Å². The fraction of sp³-hybridized carbons (Fsp3) is 0.353. The van der Waals surface area contributed by atoms with Crippen molar-refractivity contribution >= 4 is 16.5 Å². The highest BCUT2D eigenvalue weighted by Crippen LogP contribution is 2.34. The van der Waals surface area contributed by atoms with Crippen LogP contribution in [0.15, 0.2) is 36.4 Å². The third-order valence-corrected chi connectivity index (χ3v) is 4.32. The maximum absolute atomic E-state index is 9.24. The minimum Gasteiger partial charge on any atom is -0.379 e. The normalized spacial score (nSPS) is 22.1. The van der Waals surface area contributed by atoms with Gasteiger partial charge in [-0.1, -0.05) is 24.3 Å². The number of rotatable bonds is 2. The summed E-state index contributed by atoms with van der Waals surface area (Å²) in [7, 11) is 1.78. The van der Waals surface area contributed by atoms with Crippen LogP contribution in [0.1, 0.15) is 18.9 Å². The Labute approximate surface area is 119 Å². The van der Waals surface area contributed by atoms with Crippen molar-refractivity contribution in [3.8, 4) is 6.07 Å². The van der Waals surface area contributed by atoms with E-state index in [0.717, 1.165) is 29.3 Å². The molecule has 2 aromatic rings. The molecule has 2 atom stereocenters. The Morgan fingerprint density at radius 2 is 1.95 bits per heavy atom. The Balaban J connectivity index is 2.12. The summed E-state index contributed by atoms with van der Waals surface area (Å²) in [5.74, 6) is 0. The summed E-state index contributed by atoms with van der Waals surface area (Å²) < 4.78 is 5.54. The second kappa shape index (κ2) is 5.15. The summed E-state index contributed by atoms with van der Waals surface area (Å²) in [5.41, 5.74) is 1.94. The molecule has 3 nitrogen and oxygen atoms in total. The van der Waals surface area contributed by atoms with Crippen molar-refractivity contribution in [3.05, 3.63) is 42.0 Å². The van der Waals surface area contributed by atoms with Crippen LogP contribution in [0.25, 0.3) is 10.8 Å². The Morgan fingerprint density at radius 3 is 2.60 bits per heavy atom. The van der Waals surface area contributed by atoms with Crippen molar-refractivity contribution in [2.45, 2.75) is 25.5 Å². The molecule has 2 aromatic carbocycles. The molecule has 20 heavy (non-hydrogen) atoms. The number of benzene rings is 2. The zero-order chi connectivity index (χ0) is 14.1. The molecule has 1 fully saturated rings. The SMILES string of the molecule is CO[C@@H]1CCN(c2ccc(C#N)c3ccccc23)[C@H]1C. The van der Waals surface area contributed by atoms with Gasteiger partial charge in [0.1, 0.15) is 0 Å². The minimum absolute atomic E-state index is 0.282. The molecule has 1 aliphatic rings. The van der Waals surface area contributed by atoms with Crippen LogP contribution in [0.5, 0.6) is 0 Å². The van der Waals surface area contributed by atoms with Crippen molar-refractivity contribution in [2.75, 3.05) is 18.6 Å². The van der Waals surface area contributed by atoms with Gasteiger partial charge in [0.2, 0.25) is 0 Å². The largest absolute Gasteiger partial charge is 0.379 e. The summed E-state index contributed by atoms with van der Waals surface area (Å²) in [5, 5.41) is 11.4. The molecule has 0 saturated carbocycles. The van der Waals surface area contributed by atoms with Gasteiger partial charge in [-0.05, 0) is 25.5 Å². The number of nitrogens with zero attached hydrogens (tertiary/aromatic N) is 2. The topological polar surface area (TPSA) is 36.3 Å². The minimum atomic E-state index is 0.282. The first kappa shape index (κ1) is 13.0. The van der Waals surface area contributed by atoms with Gasteiger partial charge in [-0.25, -0.2) is 0 Å². The van der Waals surface area contributed by atoms with Gasteiger partial charge in [0.05, 0.1) is 23.8 Å². The lowest BCUT2D eigenvalue weighted by Crippen LogP contribution is -2.33. The smallest absolute Gasteiger partial charge is 0.0998 e. The van der Waals surface area contributed by atoms with Gasteiger partial charge in [0, 0.05) is 30.1 Å². The van der Waals surface area contributed by atoms with Gasteiger partial charge in [-0.3, -0.25) is 0 Å². The van der Waals surface area contributed by atoms with E-state index in [0.29, 0.717) is 6.04 Å². The van der Waals surface area contributed by atoms with Crippen LogP contribution in [0.4, 0.5) is 5.69 Å². The Hall–Kier alpha value is -2.05. The maximum atomic E-state index is 9.24. The fourth-order valence-corrected chi connectivity index (χ4v) is 3.20. The molecule has 3 rings (SSSR count).